The fourth-order valence-electron chi connectivity index (χ4n) is 2.80. The Balaban J connectivity index is 1.87. The Kier molecular flexibility index (Phi) is 3.84. The molecule has 2 rings (SSSR count). The van der Waals surface area contributed by atoms with Gasteiger partial charge >= 0.3 is 0 Å². The molecule has 2 heteroatoms. The predicted molar refractivity (Wildman–Crippen MR) is 73.9 cm³/mol. The van der Waals surface area contributed by atoms with Crippen molar-refractivity contribution in [3.8, 4) is 11.5 Å². The van der Waals surface area contributed by atoms with Gasteiger partial charge in [0.05, 0.1) is 6.10 Å². The highest BCUT2D eigenvalue weighted by Crippen LogP contribution is 2.38. The third-order valence-electron chi connectivity index (χ3n) is 4.02. The van der Waals surface area contributed by atoms with Gasteiger partial charge in [-0.05, 0) is 49.1 Å². The quantitative estimate of drug-likeness (QED) is 0.841. The molecule has 1 aliphatic carbocycles. The average molecular weight is 248 g/mol. The van der Waals surface area contributed by atoms with E-state index in [9.17, 15) is 5.11 Å². The zero-order valence-electron chi connectivity index (χ0n) is 11.6. The predicted octanol–water partition coefficient (Wildman–Crippen LogP) is 4.38. The van der Waals surface area contributed by atoms with Gasteiger partial charge in [0.1, 0.15) is 11.5 Å². The Hall–Kier alpha value is -1.18. The minimum atomic E-state index is 0.274. The van der Waals surface area contributed by atoms with E-state index in [1.165, 1.54) is 12.8 Å². The van der Waals surface area contributed by atoms with Gasteiger partial charge in [0.2, 0.25) is 0 Å². The van der Waals surface area contributed by atoms with Crippen molar-refractivity contribution in [2.75, 3.05) is 0 Å². The van der Waals surface area contributed by atoms with Crippen LogP contribution < -0.4 is 4.74 Å². The number of phenolic OH excluding ortho intramolecular Hbond substituents is 1. The van der Waals surface area contributed by atoms with Crippen LogP contribution in [0.4, 0.5) is 0 Å². The molecule has 0 saturated heterocycles. The first kappa shape index (κ1) is 13.3. The number of hydrogen-bond donors (Lipinski definition) is 1. The second-order valence-corrected chi connectivity index (χ2v) is 6.45. The van der Waals surface area contributed by atoms with Crippen molar-refractivity contribution in [2.45, 2.75) is 52.6 Å². The summed E-state index contributed by atoms with van der Waals surface area (Å²) in [5, 5.41) is 9.41. The number of hydrogen-bond acceptors (Lipinski definition) is 2. The van der Waals surface area contributed by atoms with E-state index in [1.807, 2.05) is 12.1 Å². The number of ether oxygens (including phenoxy) is 1. The summed E-state index contributed by atoms with van der Waals surface area (Å²) in [5.74, 6) is 1.87. The van der Waals surface area contributed by atoms with Crippen LogP contribution in [0.15, 0.2) is 24.3 Å². The van der Waals surface area contributed by atoms with Crippen LogP contribution >= 0.6 is 0 Å². The molecule has 1 N–H and O–H groups in total. The van der Waals surface area contributed by atoms with Gasteiger partial charge in [-0.25, -0.2) is 0 Å². The topological polar surface area (TPSA) is 29.5 Å². The Morgan fingerprint density at radius 2 is 1.78 bits per heavy atom. The van der Waals surface area contributed by atoms with E-state index >= 15 is 0 Å². The maximum atomic E-state index is 9.41. The molecule has 1 aromatic carbocycles. The molecule has 100 valence electrons. The number of benzene rings is 1. The van der Waals surface area contributed by atoms with Crippen LogP contribution in [-0.2, 0) is 0 Å². The minimum absolute atomic E-state index is 0.274. The summed E-state index contributed by atoms with van der Waals surface area (Å²) >= 11 is 0. The molecule has 18 heavy (non-hydrogen) atoms. The maximum Gasteiger partial charge on any atom is 0.123 e. The monoisotopic (exact) mass is 248 g/mol. The van der Waals surface area contributed by atoms with Gasteiger partial charge in [-0.3, -0.25) is 0 Å². The van der Waals surface area contributed by atoms with Gasteiger partial charge < -0.3 is 9.84 Å². The van der Waals surface area contributed by atoms with Crippen molar-refractivity contribution in [1.82, 2.24) is 0 Å². The molecule has 0 radical (unpaired) electrons. The maximum absolute atomic E-state index is 9.41. The van der Waals surface area contributed by atoms with Gasteiger partial charge in [0, 0.05) is 6.07 Å². The number of phenols is 1. The molecule has 0 atom stereocenters. The SMILES string of the molecule is CC(C)(C)C1CCC(Oc2cccc(O)c2)CC1. The Bertz CT molecular complexity index is 384. The smallest absolute Gasteiger partial charge is 0.123 e. The molecule has 0 unspecified atom stereocenters. The summed E-state index contributed by atoms with van der Waals surface area (Å²) < 4.78 is 5.94. The lowest BCUT2D eigenvalue weighted by Crippen LogP contribution is -2.30. The Labute approximate surface area is 110 Å². The molecule has 1 aromatic rings. The van der Waals surface area contributed by atoms with Crippen LogP contribution in [0.1, 0.15) is 46.5 Å². The number of aromatic hydroxyl groups is 1. The molecular weight excluding hydrogens is 224 g/mol. The summed E-state index contributed by atoms with van der Waals surface area (Å²) in [6.07, 6.45) is 5.04. The third kappa shape index (κ3) is 3.41. The van der Waals surface area contributed by atoms with Gasteiger partial charge in [-0.2, -0.15) is 0 Å². The zero-order chi connectivity index (χ0) is 13.2. The Morgan fingerprint density at radius 3 is 2.33 bits per heavy atom. The second kappa shape index (κ2) is 5.21. The normalized spacial score (nSPS) is 24.8. The van der Waals surface area contributed by atoms with Gasteiger partial charge in [-0.1, -0.05) is 26.8 Å². The summed E-state index contributed by atoms with van der Waals surface area (Å²) in [7, 11) is 0. The highest BCUT2D eigenvalue weighted by molar-refractivity contribution is 5.31. The second-order valence-electron chi connectivity index (χ2n) is 6.45. The molecule has 1 aliphatic rings. The van der Waals surface area contributed by atoms with Gasteiger partial charge in [0.15, 0.2) is 0 Å². The molecule has 2 nitrogen and oxygen atoms in total. The van der Waals surface area contributed by atoms with E-state index < -0.39 is 0 Å². The van der Waals surface area contributed by atoms with E-state index in [0.717, 1.165) is 24.5 Å². The number of rotatable bonds is 2. The zero-order valence-corrected chi connectivity index (χ0v) is 11.6. The van der Waals surface area contributed by atoms with Crippen LogP contribution in [0.2, 0.25) is 0 Å². The molecule has 1 fully saturated rings. The lowest BCUT2D eigenvalue weighted by molar-refractivity contribution is 0.0881. The fourth-order valence-corrected chi connectivity index (χ4v) is 2.80. The molecule has 0 aromatic heterocycles. The van der Waals surface area contributed by atoms with E-state index in [-0.39, 0.29) is 5.75 Å². The fraction of sp³-hybridized carbons (Fsp3) is 0.625. The molecular formula is C16H24O2. The van der Waals surface area contributed by atoms with Crippen molar-refractivity contribution < 1.29 is 9.84 Å². The summed E-state index contributed by atoms with van der Waals surface area (Å²) in [5.41, 5.74) is 0.413. The van der Waals surface area contributed by atoms with Crippen LogP contribution in [0.3, 0.4) is 0 Å². The van der Waals surface area contributed by atoms with Crippen LogP contribution in [0.5, 0.6) is 11.5 Å². The molecule has 1 saturated carbocycles. The third-order valence-corrected chi connectivity index (χ3v) is 4.02. The van der Waals surface area contributed by atoms with Crippen molar-refractivity contribution in [1.29, 1.82) is 0 Å². The first-order valence-electron chi connectivity index (χ1n) is 6.91. The van der Waals surface area contributed by atoms with Crippen molar-refractivity contribution in [3.05, 3.63) is 24.3 Å². The first-order chi connectivity index (χ1) is 8.45. The highest BCUT2D eigenvalue weighted by atomic mass is 16.5. The van der Waals surface area contributed by atoms with Gasteiger partial charge in [0.25, 0.3) is 0 Å². The van der Waals surface area contributed by atoms with Crippen molar-refractivity contribution >= 4 is 0 Å². The van der Waals surface area contributed by atoms with Crippen LogP contribution in [0, 0.1) is 11.3 Å². The summed E-state index contributed by atoms with van der Waals surface area (Å²) in [6.45, 7) is 6.98. The van der Waals surface area contributed by atoms with Crippen LogP contribution in [0.25, 0.3) is 0 Å². The van der Waals surface area contributed by atoms with Gasteiger partial charge in [-0.15, -0.1) is 0 Å². The Morgan fingerprint density at radius 1 is 1.11 bits per heavy atom. The van der Waals surface area contributed by atoms with E-state index in [4.69, 9.17) is 4.74 Å². The molecule has 0 bridgehead atoms. The largest absolute Gasteiger partial charge is 0.508 e. The molecule has 0 spiro atoms. The van der Waals surface area contributed by atoms with E-state index in [2.05, 4.69) is 20.8 Å². The average Bonchev–Trinajstić information content (AvgIpc) is 2.28. The van der Waals surface area contributed by atoms with E-state index in [1.54, 1.807) is 12.1 Å². The van der Waals surface area contributed by atoms with Crippen molar-refractivity contribution in [2.24, 2.45) is 11.3 Å². The lowest BCUT2D eigenvalue weighted by Gasteiger charge is -2.36. The minimum Gasteiger partial charge on any atom is -0.508 e. The summed E-state index contributed by atoms with van der Waals surface area (Å²) in [6, 6.07) is 7.10. The first-order valence-corrected chi connectivity index (χ1v) is 6.91. The molecule has 0 aliphatic heterocycles. The standard InChI is InChI=1S/C16H24O2/c1-16(2,3)12-7-9-14(10-8-12)18-15-6-4-5-13(17)11-15/h4-6,11-12,14,17H,7-10H2,1-3H3. The molecule has 0 amide bonds. The lowest BCUT2D eigenvalue weighted by atomic mass is 9.72. The van der Waals surface area contributed by atoms with Crippen LogP contribution in [-0.4, -0.2) is 11.2 Å². The van der Waals surface area contributed by atoms with E-state index in [0.29, 0.717) is 11.5 Å². The highest BCUT2D eigenvalue weighted by Gasteiger charge is 2.30. The molecule has 0 heterocycles. The summed E-state index contributed by atoms with van der Waals surface area (Å²) in [4.78, 5) is 0. The van der Waals surface area contributed by atoms with Crippen molar-refractivity contribution in [3.63, 3.8) is 0 Å².